The average molecular weight is 511 g/mol. The van der Waals surface area contributed by atoms with Gasteiger partial charge in [-0.2, -0.15) is 4.98 Å². The van der Waals surface area contributed by atoms with E-state index in [1.54, 1.807) is 12.1 Å². The minimum absolute atomic E-state index is 0.0633. The van der Waals surface area contributed by atoms with Crippen molar-refractivity contribution < 1.29 is 14.3 Å². The highest BCUT2D eigenvalue weighted by atomic mass is 35.5. The highest BCUT2D eigenvalue weighted by Crippen LogP contribution is 2.32. The van der Waals surface area contributed by atoms with Crippen LogP contribution in [0.25, 0.3) is 11.3 Å². The van der Waals surface area contributed by atoms with E-state index in [4.69, 9.17) is 21.6 Å². The Morgan fingerprint density at radius 3 is 2.47 bits per heavy atom. The molecule has 2 fully saturated rings. The third kappa shape index (κ3) is 4.80. The summed E-state index contributed by atoms with van der Waals surface area (Å²) >= 11 is 6.38. The number of nitrogens with zero attached hydrogens (tertiary/aromatic N) is 6. The quantitative estimate of drug-likeness (QED) is 0.527. The third-order valence-corrected chi connectivity index (χ3v) is 7.22. The zero-order valence-corrected chi connectivity index (χ0v) is 21.0. The van der Waals surface area contributed by atoms with E-state index in [0.717, 1.165) is 36.5 Å². The highest BCUT2D eigenvalue weighted by molar-refractivity contribution is 6.33. The zero-order valence-electron chi connectivity index (χ0n) is 20.2. The van der Waals surface area contributed by atoms with E-state index >= 15 is 0 Å². The molecule has 0 spiro atoms. The van der Waals surface area contributed by atoms with Gasteiger partial charge in [-0.15, -0.1) is 0 Å². The largest absolute Gasteiger partial charge is 0.478 e. The molecule has 8 nitrogen and oxygen atoms in total. The van der Waals surface area contributed by atoms with Crippen LogP contribution in [0.5, 0.6) is 0 Å². The molecule has 4 heterocycles. The lowest BCUT2D eigenvalue weighted by Crippen LogP contribution is -2.52. The first-order chi connectivity index (χ1) is 17.3. The van der Waals surface area contributed by atoms with Crippen LogP contribution >= 0.6 is 11.6 Å². The number of aromatic nitrogens is 3. The van der Waals surface area contributed by atoms with Crippen LogP contribution in [0.3, 0.4) is 0 Å². The standard InChI is InChI=1S/C26H28ClFN6O2/c1-16-4-3-9-34(16)26-30-22(18-5-7-20(28)8-6-18)13-23(31-26)33-11-10-32(15-17(33)2)24-21(27)12-19(14-29-24)25(35)36/h5-8,12-14,16-17H,3-4,9-11,15H2,1-2H3,(H,35,36)/t16-,17-/m0/s1. The maximum atomic E-state index is 13.6. The van der Waals surface area contributed by atoms with Gasteiger partial charge < -0.3 is 19.8 Å². The van der Waals surface area contributed by atoms with Gasteiger partial charge in [-0.05, 0) is 57.0 Å². The number of hydrogen-bond acceptors (Lipinski definition) is 7. The molecule has 3 aromatic rings. The number of aromatic carboxylic acids is 1. The molecule has 2 saturated heterocycles. The van der Waals surface area contributed by atoms with Gasteiger partial charge in [0, 0.05) is 56.1 Å². The number of carboxylic acid groups (broad SMARTS) is 1. The van der Waals surface area contributed by atoms with Gasteiger partial charge in [0.05, 0.1) is 16.3 Å². The van der Waals surface area contributed by atoms with Crippen molar-refractivity contribution in [3.8, 4) is 11.3 Å². The molecule has 0 amide bonds. The monoisotopic (exact) mass is 510 g/mol. The molecule has 2 aliphatic rings. The molecule has 5 rings (SSSR count). The number of rotatable bonds is 5. The Morgan fingerprint density at radius 2 is 1.83 bits per heavy atom. The van der Waals surface area contributed by atoms with Crippen LogP contribution in [0.4, 0.5) is 22.0 Å². The lowest BCUT2D eigenvalue weighted by Gasteiger charge is -2.41. The predicted octanol–water partition coefficient (Wildman–Crippen LogP) is 4.73. The van der Waals surface area contributed by atoms with Crippen molar-refractivity contribution in [3.05, 3.63) is 59.0 Å². The number of carbonyl (C=O) groups is 1. The second-order valence-electron chi connectivity index (χ2n) is 9.43. The van der Waals surface area contributed by atoms with Crippen LogP contribution in [-0.2, 0) is 0 Å². The number of carboxylic acids is 1. The number of halogens is 2. The molecule has 2 aromatic heterocycles. The van der Waals surface area contributed by atoms with Crippen LogP contribution in [0, 0.1) is 5.82 Å². The summed E-state index contributed by atoms with van der Waals surface area (Å²) in [6.45, 7) is 7.18. The predicted molar refractivity (Wildman–Crippen MR) is 139 cm³/mol. The number of benzene rings is 1. The fourth-order valence-corrected chi connectivity index (χ4v) is 5.25. The first-order valence-corrected chi connectivity index (χ1v) is 12.5. The molecule has 0 radical (unpaired) electrons. The van der Waals surface area contributed by atoms with Crippen LogP contribution in [0.2, 0.25) is 5.02 Å². The lowest BCUT2D eigenvalue weighted by molar-refractivity contribution is 0.0696. The molecule has 188 valence electrons. The van der Waals surface area contributed by atoms with Gasteiger partial charge in [-0.25, -0.2) is 19.2 Å². The molecular weight excluding hydrogens is 483 g/mol. The molecular formula is C26H28ClFN6O2. The molecule has 2 aliphatic heterocycles. The van der Waals surface area contributed by atoms with Gasteiger partial charge in [-0.3, -0.25) is 0 Å². The summed E-state index contributed by atoms with van der Waals surface area (Å²) in [4.78, 5) is 31.9. The summed E-state index contributed by atoms with van der Waals surface area (Å²) in [6, 6.07) is 10.2. The smallest absolute Gasteiger partial charge is 0.337 e. The number of piperazine rings is 1. The van der Waals surface area contributed by atoms with Crippen LogP contribution < -0.4 is 14.7 Å². The topological polar surface area (TPSA) is 85.7 Å². The Hall–Kier alpha value is -3.46. The van der Waals surface area contributed by atoms with Crippen molar-refractivity contribution in [2.75, 3.05) is 40.9 Å². The Kier molecular flexibility index (Phi) is 6.66. The van der Waals surface area contributed by atoms with E-state index in [1.165, 1.54) is 24.4 Å². The first kappa shape index (κ1) is 24.2. The maximum Gasteiger partial charge on any atom is 0.337 e. The molecule has 0 unspecified atom stereocenters. The van der Waals surface area contributed by atoms with E-state index in [0.29, 0.717) is 42.5 Å². The third-order valence-electron chi connectivity index (χ3n) is 6.94. The van der Waals surface area contributed by atoms with Gasteiger partial charge in [0.15, 0.2) is 0 Å². The Bertz CT molecular complexity index is 1270. The van der Waals surface area contributed by atoms with Crippen molar-refractivity contribution in [2.24, 2.45) is 0 Å². The zero-order chi connectivity index (χ0) is 25.4. The minimum Gasteiger partial charge on any atom is -0.478 e. The fourth-order valence-electron chi connectivity index (χ4n) is 4.97. The van der Waals surface area contributed by atoms with E-state index in [2.05, 4.69) is 33.5 Å². The van der Waals surface area contributed by atoms with Crippen LogP contribution in [0.1, 0.15) is 37.0 Å². The molecule has 0 aliphatic carbocycles. The van der Waals surface area contributed by atoms with Crippen molar-refractivity contribution in [2.45, 2.75) is 38.8 Å². The molecule has 10 heteroatoms. The number of anilines is 3. The summed E-state index contributed by atoms with van der Waals surface area (Å²) in [7, 11) is 0. The minimum atomic E-state index is -1.06. The van der Waals surface area contributed by atoms with Gasteiger partial charge in [0.25, 0.3) is 0 Å². The average Bonchev–Trinajstić information content (AvgIpc) is 3.30. The van der Waals surface area contributed by atoms with Crippen molar-refractivity contribution in [1.82, 2.24) is 15.0 Å². The molecule has 1 aromatic carbocycles. The second kappa shape index (κ2) is 9.89. The summed E-state index contributed by atoms with van der Waals surface area (Å²) in [5.74, 6) is 0.758. The summed E-state index contributed by atoms with van der Waals surface area (Å²) < 4.78 is 13.6. The van der Waals surface area contributed by atoms with Crippen LogP contribution in [-0.4, -0.2) is 64.3 Å². The molecule has 0 bridgehead atoms. The summed E-state index contributed by atoms with van der Waals surface area (Å²) in [5.41, 5.74) is 1.67. The van der Waals surface area contributed by atoms with Crippen LogP contribution in [0.15, 0.2) is 42.6 Å². The van der Waals surface area contributed by atoms with Gasteiger partial charge in [-0.1, -0.05) is 11.6 Å². The summed E-state index contributed by atoms with van der Waals surface area (Å²) in [5, 5.41) is 9.52. The highest BCUT2D eigenvalue weighted by Gasteiger charge is 2.29. The number of pyridine rings is 1. The van der Waals surface area contributed by atoms with E-state index < -0.39 is 5.97 Å². The van der Waals surface area contributed by atoms with E-state index in [9.17, 15) is 14.3 Å². The molecule has 1 N–H and O–H groups in total. The molecule has 2 atom stereocenters. The second-order valence-corrected chi connectivity index (χ2v) is 9.83. The molecule has 0 saturated carbocycles. The number of hydrogen-bond donors (Lipinski definition) is 1. The fraction of sp³-hybridized carbons (Fsp3) is 0.385. The van der Waals surface area contributed by atoms with Crippen molar-refractivity contribution in [3.63, 3.8) is 0 Å². The normalized spacial score (nSPS) is 20.2. The Morgan fingerprint density at radius 1 is 1.06 bits per heavy atom. The SMILES string of the molecule is C[C@H]1CN(c2ncc(C(=O)O)cc2Cl)CCN1c1cc(-c2ccc(F)cc2)nc(N2CCC[C@@H]2C)n1. The van der Waals surface area contributed by atoms with Gasteiger partial charge in [0.2, 0.25) is 5.95 Å². The van der Waals surface area contributed by atoms with Gasteiger partial charge >= 0.3 is 5.97 Å². The first-order valence-electron chi connectivity index (χ1n) is 12.1. The van der Waals surface area contributed by atoms with Crippen molar-refractivity contribution >= 4 is 35.2 Å². The van der Waals surface area contributed by atoms with E-state index in [-0.39, 0.29) is 17.4 Å². The maximum absolute atomic E-state index is 13.6. The van der Waals surface area contributed by atoms with Crippen molar-refractivity contribution in [1.29, 1.82) is 0 Å². The van der Waals surface area contributed by atoms with E-state index in [1.807, 2.05) is 6.07 Å². The Balaban J connectivity index is 1.44. The lowest BCUT2D eigenvalue weighted by atomic mass is 10.1. The van der Waals surface area contributed by atoms with Gasteiger partial charge in [0.1, 0.15) is 17.5 Å². The summed E-state index contributed by atoms with van der Waals surface area (Å²) in [6.07, 6.45) is 3.54. The Labute approximate surface area is 214 Å². The molecule has 36 heavy (non-hydrogen) atoms.